The van der Waals surface area contributed by atoms with Crippen LogP contribution in [-0.2, 0) is 10.0 Å². The van der Waals surface area contributed by atoms with Crippen LogP contribution in [0.25, 0.3) is 0 Å². The van der Waals surface area contributed by atoms with Gasteiger partial charge in [0.25, 0.3) is 0 Å². The summed E-state index contributed by atoms with van der Waals surface area (Å²) in [7, 11) is -3.16. The molecule has 0 saturated heterocycles. The maximum Gasteiger partial charge on any atom is 0.323 e. The lowest BCUT2D eigenvalue weighted by molar-refractivity contribution is 0.312. The Morgan fingerprint density at radius 3 is 2.50 bits per heavy atom. The van der Waals surface area contributed by atoms with Crippen LogP contribution < -0.4 is 26.0 Å². The van der Waals surface area contributed by atoms with Crippen molar-refractivity contribution in [3.05, 3.63) is 0 Å². The molecule has 0 amide bonds. The van der Waals surface area contributed by atoms with E-state index in [1.807, 2.05) is 6.92 Å². The Labute approximate surface area is 117 Å². The second kappa shape index (κ2) is 7.77. The zero-order valence-electron chi connectivity index (χ0n) is 11.4. The highest BCUT2D eigenvalue weighted by Crippen LogP contribution is 2.10. The number of sulfonamides is 1. The van der Waals surface area contributed by atoms with Crippen LogP contribution in [0.3, 0.4) is 0 Å². The van der Waals surface area contributed by atoms with E-state index in [2.05, 4.69) is 30.4 Å². The smallest absolute Gasteiger partial charge is 0.323 e. The zero-order chi connectivity index (χ0) is 15.0. The maximum absolute atomic E-state index is 10.9. The second-order valence-electron chi connectivity index (χ2n) is 3.79. The van der Waals surface area contributed by atoms with Crippen LogP contribution in [0.1, 0.15) is 13.3 Å². The van der Waals surface area contributed by atoms with Crippen molar-refractivity contribution in [1.82, 2.24) is 19.7 Å². The summed E-state index contributed by atoms with van der Waals surface area (Å²) < 4.78 is 29.3. The third kappa shape index (κ3) is 6.45. The number of nitrogens with zero attached hydrogens (tertiary/aromatic N) is 3. The number of nitrogens with two attached hydrogens (primary N) is 1. The van der Waals surface area contributed by atoms with E-state index < -0.39 is 10.0 Å². The van der Waals surface area contributed by atoms with Gasteiger partial charge in [-0.25, -0.2) is 19.0 Å². The first-order valence-corrected chi connectivity index (χ1v) is 7.87. The number of ether oxygens (including phenoxy) is 1. The summed E-state index contributed by atoms with van der Waals surface area (Å²) in [6, 6.07) is 0.159. The van der Waals surface area contributed by atoms with Crippen molar-refractivity contribution in [3.63, 3.8) is 0 Å². The second-order valence-corrected chi connectivity index (χ2v) is 5.62. The SMILES string of the molecule is CCOc1nc(NN)nc(NCCCNS(C)(=O)=O)n1. The highest BCUT2D eigenvalue weighted by atomic mass is 32.2. The van der Waals surface area contributed by atoms with Gasteiger partial charge in [-0.2, -0.15) is 15.0 Å². The molecule has 114 valence electrons. The fourth-order valence-electron chi connectivity index (χ4n) is 1.24. The fourth-order valence-corrected chi connectivity index (χ4v) is 1.76. The summed E-state index contributed by atoms with van der Waals surface area (Å²) in [4.78, 5) is 11.9. The van der Waals surface area contributed by atoms with Gasteiger partial charge < -0.3 is 10.1 Å². The van der Waals surface area contributed by atoms with Crippen molar-refractivity contribution in [2.75, 3.05) is 36.7 Å². The van der Waals surface area contributed by atoms with E-state index in [0.29, 0.717) is 32.1 Å². The largest absolute Gasteiger partial charge is 0.464 e. The number of aromatic nitrogens is 3. The molecular formula is C9H19N7O3S. The van der Waals surface area contributed by atoms with Crippen LogP contribution in [0.4, 0.5) is 11.9 Å². The number of hydrazine groups is 1. The third-order valence-electron chi connectivity index (χ3n) is 2.02. The topological polar surface area (TPSA) is 144 Å². The quantitative estimate of drug-likeness (QED) is 0.254. The molecule has 20 heavy (non-hydrogen) atoms. The third-order valence-corrected chi connectivity index (χ3v) is 2.75. The maximum atomic E-state index is 10.9. The standard InChI is InChI=1S/C9H19N7O3S/c1-3-19-9-14-7(13-8(15-9)16-10)11-5-4-6-12-20(2,17)18/h12H,3-6,10H2,1-2H3,(H2,11,13,14,15,16). The predicted octanol–water partition coefficient (Wildman–Crippen LogP) is -1.09. The molecule has 10 nitrogen and oxygen atoms in total. The van der Waals surface area contributed by atoms with E-state index in [0.717, 1.165) is 6.26 Å². The van der Waals surface area contributed by atoms with Crippen molar-refractivity contribution >= 4 is 21.9 Å². The van der Waals surface area contributed by atoms with Gasteiger partial charge in [0.1, 0.15) is 0 Å². The lowest BCUT2D eigenvalue weighted by atomic mass is 10.4. The molecule has 0 saturated carbocycles. The molecule has 1 heterocycles. The Balaban J connectivity index is 2.48. The van der Waals surface area contributed by atoms with E-state index in [4.69, 9.17) is 10.6 Å². The summed E-state index contributed by atoms with van der Waals surface area (Å²) in [5, 5.41) is 2.93. The van der Waals surface area contributed by atoms with Gasteiger partial charge in [-0.1, -0.05) is 0 Å². The van der Waals surface area contributed by atoms with Crippen molar-refractivity contribution in [2.45, 2.75) is 13.3 Å². The predicted molar refractivity (Wildman–Crippen MR) is 74.8 cm³/mol. The summed E-state index contributed by atoms with van der Waals surface area (Å²) in [6.45, 7) is 3.05. The number of rotatable bonds is 9. The molecule has 1 aromatic rings. The average molecular weight is 305 g/mol. The van der Waals surface area contributed by atoms with Crippen LogP contribution in [0.15, 0.2) is 0 Å². The Kier molecular flexibility index (Phi) is 6.35. The molecule has 0 radical (unpaired) electrons. The monoisotopic (exact) mass is 305 g/mol. The van der Waals surface area contributed by atoms with Gasteiger partial charge in [0.15, 0.2) is 0 Å². The lowest BCUT2D eigenvalue weighted by Crippen LogP contribution is -2.24. The molecule has 0 spiro atoms. The minimum Gasteiger partial charge on any atom is -0.464 e. The van der Waals surface area contributed by atoms with Gasteiger partial charge in [-0.3, -0.25) is 5.43 Å². The minimum absolute atomic E-state index is 0.159. The molecular weight excluding hydrogens is 286 g/mol. The van der Waals surface area contributed by atoms with E-state index in [-0.39, 0.29) is 12.0 Å². The molecule has 0 bridgehead atoms. The Hall–Kier alpha value is -1.72. The van der Waals surface area contributed by atoms with Crippen molar-refractivity contribution in [1.29, 1.82) is 0 Å². The van der Waals surface area contributed by atoms with Crippen molar-refractivity contribution in [3.8, 4) is 6.01 Å². The van der Waals surface area contributed by atoms with Crippen LogP contribution >= 0.6 is 0 Å². The van der Waals surface area contributed by atoms with Crippen LogP contribution in [0.5, 0.6) is 6.01 Å². The zero-order valence-corrected chi connectivity index (χ0v) is 12.2. The average Bonchev–Trinajstić information content (AvgIpc) is 2.37. The Morgan fingerprint density at radius 1 is 1.20 bits per heavy atom. The van der Waals surface area contributed by atoms with Gasteiger partial charge in [0.05, 0.1) is 12.9 Å². The van der Waals surface area contributed by atoms with E-state index in [1.54, 1.807) is 0 Å². The number of nitrogen functional groups attached to an aromatic ring is 1. The molecule has 0 aliphatic rings. The summed E-state index contributed by atoms with van der Waals surface area (Å²) in [5.74, 6) is 5.73. The minimum atomic E-state index is -3.16. The highest BCUT2D eigenvalue weighted by molar-refractivity contribution is 7.88. The first-order valence-electron chi connectivity index (χ1n) is 5.98. The van der Waals surface area contributed by atoms with Crippen molar-refractivity contribution < 1.29 is 13.2 Å². The number of nitrogens with one attached hydrogen (secondary N) is 3. The molecule has 0 aromatic carbocycles. The molecule has 0 atom stereocenters. The first kappa shape index (κ1) is 16.3. The number of hydrogen-bond acceptors (Lipinski definition) is 9. The molecule has 0 fully saturated rings. The molecule has 1 rings (SSSR count). The van der Waals surface area contributed by atoms with Crippen LogP contribution in [-0.4, -0.2) is 49.3 Å². The van der Waals surface area contributed by atoms with Crippen molar-refractivity contribution in [2.24, 2.45) is 5.84 Å². The Morgan fingerprint density at radius 2 is 1.90 bits per heavy atom. The van der Waals surface area contributed by atoms with Gasteiger partial charge in [-0.05, 0) is 13.3 Å². The Bertz CT molecular complexity index is 522. The first-order chi connectivity index (χ1) is 9.44. The van der Waals surface area contributed by atoms with E-state index >= 15 is 0 Å². The summed E-state index contributed by atoms with van der Waals surface area (Å²) in [6.07, 6.45) is 1.69. The van der Waals surface area contributed by atoms with Crippen LogP contribution in [0, 0.1) is 0 Å². The number of hydrogen-bond donors (Lipinski definition) is 4. The van der Waals surface area contributed by atoms with E-state index in [9.17, 15) is 8.42 Å². The van der Waals surface area contributed by atoms with Crippen LogP contribution in [0.2, 0.25) is 0 Å². The van der Waals surface area contributed by atoms with Gasteiger partial charge in [0.2, 0.25) is 21.9 Å². The fraction of sp³-hybridized carbons (Fsp3) is 0.667. The molecule has 11 heteroatoms. The molecule has 0 aliphatic heterocycles. The van der Waals surface area contributed by atoms with Gasteiger partial charge in [0, 0.05) is 13.1 Å². The molecule has 1 aromatic heterocycles. The summed E-state index contributed by atoms with van der Waals surface area (Å²) >= 11 is 0. The summed E-state index contributed by atoms with van der Waals surface area (Å²) in [5.41, 5.74) is 2.31. The molecule has 0 aliphatic carbocycles. The number of anilines is 2. The normalized spacial score (nSPS) is 11.2. The highest BCUT2D eigenvalue weighted by Gasteiger charge is 2.06. The lowest BCUT2D eigenvalue weighted by Gasteiger charge is -2.08. The van der Waals surface area contributed by atoms with Gasteiger partial charge >= 0.3 is 6.01 Å². The molecule has 0 unspecified atom stereocenters. The van der Waals surface area contributed by atoms with Gasteiger partial charge in [-0.15, -0.1) is 0 Å². The van der Waals surface area contributed by atoms with E-state index in [1.165, 1.54) is 0 Å². The molecule has 5 N–H and O–H groups in total.